The van der Waals surface area contributed by atoms with Crippen LogP contribution < -0.4 is 0 Å². The van der Waals surface area contributed by atoms with Crippen LogP contribution in [0.25, 0.3) is 0 Å². The lowest BCUT2D eigenvalue weighted by Crippen LogP contribution is -2.69. The number of hydrogen-bond donors (Lipinski definition) is 0. The largest absolute Gasteiger partial charge is 0.379 e. The first kappa shape index (κ1) is 16.6. The molecule has 0 radical (unpaired) electrons. The Morgan fingerprint density at radius 1 is 0.636 bits per heavy atom. The van der Waals surface area contributed by atoms with Crippen molar-refractivity contribution in [3.05, 3.63) is 0 Å². The predicted octanol–water partition coefficient (Wildman–Crippen LogP) is 0.907. The Morgan fingerprint density at radius 3 is 1.27 bits per heavy atom. The number of rotatable bonds is 2. The van der Waals surface area contributed by atoms with Crippen molar-refractivity contribution in [3.63, 3.8) is 0 Å². The Bertz CT molecular complexity index is 340. The summed E-state index contributed by atoms with van der Waals surface area (Å²) in [7, 11) is 0. The highest BCUT2D eigenvalue weighted by Crippen LogP contribution is 2.38. The molecule has 6 heteroatoms. The summed E-state index contributed by atoms with van der Waals surface area (Å²) in [6, 6.07) is 0. The van der Waals surface area contributed by atoms with E-state index in [-0.39, 0.29) is 23.7 Å². The van der Waals surface area contributed by atoms with Crippen molar-refractivity contribution in [3.8, 4) is 0 Å². The zero-order valence-corrected chi connectivity index (χ0v) is 14.3. The van der Waals surface area contributed by atoms with Gasteiger partial charge in [-0.3, -0.25) is 9.80 Å². The van der Waals surface area contributed by atoms with Crippen molar-refractivity contribution in [2.24, 2.45) is 0 Å². The molecule has 128 valence electrons. The second-order valence-corrected chi connectivity index (χ2v) is 7.44. The van der Waals surface area contributed by atoms with Crippen LogP contribution in [0.2, 0.25) is 0 Å². The summed E-state index contributed by atoms with van der Waals surface area (Å²) in [5.74, 6) is 0. The van der Waals surface area contributed by atoms with Crippen LogP contribution in [0, 0.1) is 0 Å². The van der Waals surface area contributed by atoms with Crippen molar-refractivity contribution in [1.29, 1.82) is 0 Å². The minimum absolute atomic E-state index is 0.0382. The van der Waals surface area contributed by atoms with E-state index in [1.165, 1.54) is 0 Å². The molecule has 0 aromatic heterocycles. The molecule has 0 N–H and O–H groups in total. The Hall–Kier alpha value is -0.240. The average molecular weight is 314 g/mol. The summed E-state index contributed by atoms with van der Waals surface area (Å²) in [4.78, 5) is 4.70. The highest BCUT2D eigenvalue weighted by molar-refractivity contribution is 4.95. The van der Waals surface area contributed by atoms with Crippen LogP contribution in [0.4, 0.5) is 0 Å². The van der Waals surface area contributed by atoms with E-state index in [0.29, 0.717) is 0 Å². The summed E-state index contributed by atoms with van der Waals surface area (Å²) < 4.78 is 24.0. The SMILES string of the molecule is CC1(C)O[C@@H](N2CCOCC2)C(C)(C)O[C@@H]1N1CCOCC1. The second-order valence-electron chi connectivity index (χ2n) is 7.44. The van der Waals surface area contributed by atoms with Gasteiger partial charge < -0.3 is 18.9 Å². The van der Waals surface area contributed by atoms with E-state index in [9.17, 15) is 0 Å². The molecule has 2 atom stereocenters. The topological polar surface area (TPSA) is 43.4 Å². The van der Waals surface area contributed by atoms with Gasteiger partial charge in [0.1, 0.15) is 23.7 Å². The third-order valence-electron chi connectivity index (χ3n) is 4.77. The third-order valence-corrected chi connectivity index (χ3v) is 4.77. The van der Waals surface area contributed by atoms with E-state index >= 15 is 0 Å². The van der Waals surface area contributed by atoms with Gasteiger partial charge >= 0.3 is 0 Å². The van der Waals surface area contributed by atoms with Crippen molar-refractivity contribution < 1.29 is 18.9 Å². The Balaban J connectivity index is 1.75. The summed E-state index contributed by atoms with van der Waals surface area (Å²) in [6.07, 6.45) is -0.0765. The van der Waals surface area contributed by atoms with E-state index in [4.69, 9.17) is 18.9 Å². The van der Waals surface area contributed by atoms with Crippen LogP contribution in [0.5, 0.6) is 0 Å². The quantitative estimate of drug-likeness (QED) is 0.755. The molecule has 0 saturated carbocycles. The van der Waals surface area contributed by atoms with Crippen molar-refractivity contribution >= 4 is 0 Å². The highest BCUT2D eigenvalue weighted by atomic mass is 16.6. The van der Waals surface area contributed by atoms with Gasteiger partial charge in [-0.25, -0.2) is 0 Å². The molecule has 0 aromatic rings. The van der Waals surface area contributed by atoms with E-state index in [1.807, 2.05) is 0 Å². The first-order valence-corrected chi connectivity index (χ1v) is 8.39. The summed E-state index contributed by atoms with van der Waals surface area (Å²) in [5, 5.41) is 0. The maximum Gasteiger partial charge on any atom is 0.140 e. The van der Waals surface area contributed by atoms with E-state index in [2.05, 4.69) is 37.5 Å². The van der Waals surface area contributed by atoms with Gasteiger partial charge in [0.05, 0.1) is 26.4 Å². The zero-order valence-electron chi connectivity index (χ0n) is 14.3. The predicted molar refractivity (Wildman–Crippen MR) is 82.7 cm³/mol. The van der Waals surface area contributed by atoms with Crippen LogP contribution in [0.1, 0.15) is 27.7 Å². The van der Waals surface area contributed by atoms with Crippen LogP contribution in [-0.4, -0.2) is 86.1 Å². The first-order chi connectivity index (χ1) is 10.4. The van der Waals surface area contributed by atoms with Gasteiger partial charge in [0.15, 0.2) is 0 Å². The standard InChI is InChI=1S/C16H30N2O4/c1-15(2)13(17-5-9-19-10-6-17)22-16(3,4)14(21-15)18-7-11-20-12-8-18/h13-14H,5-12H2,1-4H3/t13-,14+. The summed E-state index contributed by atoms with van der Waals surface area (Å²) in [6.45, 7) is 15.2. The fourth-order valence-corrected chi connectivity index (χ4v) is 3.63. The second kappa shape index (κ2) is 6.34. The van der Waals surface area contributed by atoms with Crippen LogP contribution in [-0.2, 0) is 18.9 Å². The summed E-state index contributed by atoms with van der Waals surface area (Å²) in [5.41, 5.74) is -0.703. The van der Waals surface area contributed by atoms with Gasteiger partial charge in [-0.05, 0) is 27.7 Å². The lowest BCUT2D eigenvalue weighted by atomic mass is 9.97. The smallest absolute Gasteiger partial charge is 0.140 e. The molecular formula is C16H30N2O4. The maximum absolute atomic E-state index is 6.56. The average Bonchev–Trinajstić information content (AvgIpc) is 2.51. The number of morpholine rings is 2. The number of nitrogens with zero attached hydrogens (tertiary/aromatic N) is 2. The lowest BCUT2D eigenvalue weighted by Gasteiger charge is -2.56. The van der Waals surface area contributed by atoms with Gasteiger partial charge in [0.25, 0.3) is 0 Å². The van der Waals surface area contributed by atoms with Crippen LogP contribution in [0.15, 0.2) is 0 Å². The first-order valence-electron chi connectivity index (χ1n) is 8.39. The van der Waals surface area contributed by atoms with Crippen molar-refractivity contribution in [1.82, 2.24) is 9.80 Å². The van der Waals surface area contributed by atoms with Crippen LogP contribution >= 0.6 is 0 Å². The van der Waals surface area contributed by atoms with E-state index < -0.39 is 0 Å². The molecule has 0 unspecified atom stereocenters. The third kappa shape index (κ3) is 3.32. The Morgan fingerprint density at radius 2 is 0.955 bits per heavy atom. The maximum atomic E-state index is 6.56. The highest BCUT2D eigenvalue weighted by Gasteiger charge is 2.52. The molecule has 0 aliphatic carbocycles. The van der Waals surface area contributed by atoms with E-state index in [1.54, 1.807) is 0 Å². The van der Waals surface area contributed by atoms with Gasteiger partial charge in [-0.15, -0.1) is 0 Å². The molecule has 3 rings (SSSR count). The molecule has 0 amide bonds. The zero-order chi connectivity index (χ0) is 15.8. The summed E-state index contributed by atoms with van der Waals surface area (Å²) >= 11 is 0. The van der Waals surface area contributed by atoms with Gasteiger partial charge in [-0.2, -0.15) is 0 Å². The van der Waals surface area contributed by atoms with Gasteiger partial charge in [0, 0.05) is 26.2 Å². The molecule has 3 aliphatic rings. The Kier molecular flexibility index (Phi) is 4.79. The monoisotopic (exact) mass is 314 g/mol. The molecule has 0 aromatic carbocycles. The number of ether oxygens (including phenoxy) is 4. The molecule has 22 heavy (non-hydrogen) atoms. The molecule has 3 fully saturated rings. The molecule has 3 heterocycles. The minimum Gasteiger partial charge on any atom is -0.379 e. The molecular weight excluding hydrogens is 284 g/mol. The van der Waals surface area contributed by atoms with Crippen molar-refractivity contribution in [2.75, 3.05) is 52.6 Å². The van der Waals surface area contributed by atoms with Gasteiger partial charge in [0.2, 0.25) is 0 Å². The number of hydrogen-bond acceptors (Lipinski definition) is 6. The molecule has 0 bridgehead atoms. The van der Waals surface area contributed by atoms with Gasteiger partial charge in [-0.1, -0.05) is 0 Å². The molecule has 3 aliphatic heterocycles. The van der Waals surface area contributed by atoms with Crippen LogP contribution in [0.3, 0.4) is 0 Å². The minimum atomic E-state index is -0.351. The fourth-order valence-electron chi connectivity index (χ4n) is 3.63. The lowest BCUT2D eigenvalue weighted by molar-refractivity contribution is -0.357. The fraction of sp³-hybridized carbons (Fsp3) is 1.00. The molecule has 0 spiro atoms. The molecule has 3 saturated heterocycles. The van der Waals surface area contributed by atoms with Crippen molar-refractivity contribution in [2.45, 2.75) is 51.4 Å². The van der Waals surface area contributed by atoms with E-state index in [0.717, 1.165) is 52.6 Å². The normalized spacial score (nSPS) is 37.1. The molecule has 6 nitrogen and oxygen atoms in total. The Labute approximate surface area is 133 Å².